The van der Waals surface area contributed by atoms with Crippen molar-refractivity contribution in [3.63, 3.8) is 0 Å². The monoisotopic (exact) mass is 727 g/mol. The molecule has 0 radical (unpaired) electrons. The molecule has 2 aliphatic carbocycles. The lowest BCUT2D eigenvalue weighted by molar-refractivity contribution is -0.139. The van der Waals surface area contributed by atoms with Crippen LogP contribution in [0.25, 0.3) is 0 Å². The molecule has 1 aromatic rings. The number of benzene rings is 1. The number of aryl methyl sites for hydroxylation is 2. The molecule has 1 aromatic carbocycles. The van der Waals surface area contributed by atoms with Crippen molar-refractivity contribution in [2.45, 2.75) is 188 Å². The maximum atomic E-state index is 12.1. The highest BCUT2D eigenvalue weighted by molar-refractivity contribution is 6.60. The van der Waals surface area contributed by atoms with Gasteiger partial charge in [0.2, 0.25) is 0 Å². The van der Waals surface area contributed by atoms with Gasteiger partial charge in [-0.2, -0.15) is 0 Å². The first-order valence-corrected chi connectivity index (χ1v) is 23.6. The summed E-state index contributed by atoms with van der Waals surface area (Å²) in [5, 5.41) is 0. The van der Waals surface area contributed by atoms with Gasteiger partial charge in [-0.1, -0.05) is 110 Å². The molecule has 0 N–H and O–H groups in total. The van der Waals surface area contributed by atoms with E-state index in [1.807, 2.05) is 0 Å². The fourth-order valence-corrected chi connectivity index (χ4v) is 11.1. The first kappa shape index (κ1) is 43.9. The standard InChI is InChI=1S/C45H78O5Si/c1-7-11-15-18-38-21-23-40(24-22-38)41-25-27-42(28-26-41)44-30-29-39(43(36-44)19-16-31-47-45(46)37(5)6)20-17-35-51(48-32-12-8-2,49-33-13-9-3)50-34-14-10-4/h29-30,36,38,40-42H,5,7-28,31-35H2,1-4,6H3. The highest BCUT2D eigenvalue weighted by atomic mass is 28.4. The zero-order valence-corrected chi connectivity index (χ0v) is 34.9. The molecule has 0 amide bonds. The molecule has 0 aromatic heterocycles. The second-order valence-electron chi connectivity index (χ2n) is 16.1. The number of rotatable bonds is 27. The van der Waals surface area contributed by atoms with Crippen LogP contribution in [-0.4, -0.2) is 41.2 Å². The van der Waals surface area contributed by atoms with Crippen LogP contribution in [0.4, 0.5) is 0 Å². The van der Waals surface area contributed by atoms with Gasteiger partial charge < -0.3 is 18.0 Å². The number of hydrogen-bond donors (Lipinski definition) is 0. The summed E-state index contributed by atoms with van der Waals surface area (Å²) in [7, 11) is -2.77. The summed E-state index contributed by atoms with van der Waals surface area (Å²) in [6.45, 7) is 17.0. The highest BCUT2D eigenvalue weighted by Gasteiger charge is 2.40. The smallest absolute Gasteiger partial charge is 0.462 e. The van der Waals surface area contributed by atoms with E-state index in [4.69, 9.17) is 18.0 Å². The van der Waals surface area contributed by atoms with Crippen molar-refractivity contribution < 1.29 is 22.8 Å². The van der Waals surface area contributed by atoms with Crippen LogP contribution < -0.4 is 0 Å². The summed E-state index contributed by atoms with van der Waals surface area (Å²) in [4.78, 5) is 12.1. The Morgan fingerprint density at radius 1 is 0.667 bits per heavy atom. The second kappa shape index (κ2) is 25.5. The van der Waals surface area contributed by atoms with E-state index in [0.717, 1.165) is 88.0 Å². The van der Waals surface area contributed by atoms with E-state index < -0.39 is 8.80 Å². The molecule has 51 heavy (non-hydrogen) atoms. The SMILES string of the molecule is C=C(C)C(=O)OCCCc1cc(C2CCC(C3CCC(CCCCC)CC3)CC2)ccc1CCC[Si](OCCCC)(OCCCC)OCCCC. The number of ether oxygens (including phenoxy) is 1. The summed E-state index contributed by atoms with van der Waals surface area (Å²) in [6.07, 6.45) is 27.1. The van der Waals surface area contributed by atoms with Crippen molar-refractivity contribution in [2.24, 2.45) is 17.8 Å². The van der Waals surface area contributed by atoms with Crippen LogP contribution in [0.2, 0.25) is 6.04 Å². The van der Waals surface area contributed by atoms with E-state index in [-0.39, 0.29) is 5.97 Å². The summed E-state index contributed by atoms with van der Waals surface area (Å²) in [5.74, 6) is 3.27. The van der Waals surface area contributed by atoms with Crippen molar-refractivity contribution in [1.82, 2.24) is 0 Å². The maximum absolute atomic E-state index is 12.1. The lowest BCUT2D eigenvalue weighted by atomic mass is 9.68. The molecular formula is C45H78O5Si. The predicted molar refractivity (Wildman–Crippen MR) is 216 cm³/mol. The van der Waals surface area contributed by atoms with Crippen molar-refractivity contribution in [3.8, 4) is 0 Å². The van der Waals surface area contributed by atoms with Crippen molar-refractivity contribution in [2.75, 3.05) is 26.4 Å². The Labute approximate surface area is 315 Å². The molecule has 2 aliphatic rings. The van der Waals surface area contributed by atoms with Gasteiger partial charge in [-0.3, -0.25) is 0 Å². The maximum Gasteiger partial charge on any atom is 0.500 e. The van der Waals surface area contributed by atoms with Gasteiger partial charge in [0.05, 0.1) is 6.61 Å². The zero-order chi connectivity index (χ0) is 36.7. The normalized spacial score (nSPS) is 21.1. The lowest BCUT2D eigenvalue weighted by Crippen LogP contribution is -2.46. The van der Waals surface area contributed by atoms with Crippen LogP contribution in [0.5, 0.6) is 0 Å². The van der Waals surface area contributed by atoms with E-state index in [1.54, 1.807) is 6.92 Å². The number of esters is 1. The average molecular weight is 727 g/mol. The minimum absolute atomic E-state index is 0.291. The van der Waals surface area contributed by atoms with Crippen molar-refractivity contribution >= 4 is 14.8 Å². The van der Waals surface area contributed by atoms with Crippen LogP contribution in [-0.2, 0) is 35.7 Å². The van der Waals surface area contributed by atoms with E-state index in [9.17, 15) is 4.79 Å². The number of unbranched alkanes of at least 4 members (excludes halogenated alkanes) is 5. The minimum Gasteiger partial charge on any atom is -0.462 e. The number of carbonyl (C=O) groups excluding carboxylic acids is 1. The molecule has 0 aliphatic heterocycles. The van der Waals surface area contributed by atoms with Crippen LogP contribution in [0.15, 0.2) is 30.4 Å². The van der Waals surface area contributed by atoms with Crippen LogP contribution in [0.3, 0.4) is 0 Å². The fraction of sp³-hybridized carbons (Fsp3) is 0.800. The summed E-state index contributed by atoms with van der Waals surface area (Å²) in [5.41, 5.74) is 4.81. The molecule has 3 rings (SSSR count). The molecule has 0 unspecified atom stereocenters. The number of hydrogen-bond acceptors (Lipinski definition) is 5. The van der Waals surface area contributed by atoms with Gasteiger partial charge >= 0.3 is 14.8 Å². The third-order valence-electron chi connectivity index (χ3n) is 11.8. The largest absolute Gasteiger partial charge is 0.500 e. The molecule has 2 fully saturated rings. The molecule has 0 saturated heterocycles. The molecule has 0 bridgehead atoms. The predicted octanol–water partition coefficient (Wildman–Crippen LogP) is 12.7. The van der Waals surface area contributed by atoms with Gasteiger partial charge in [0.15, 0.2) is 0 Å². The Balaban J connectivity index is 1.65. The van der Waals surface area contributed by atoms with E-state index >= 15 is 0 Å². The Hall–Kier alpha value is -1.47. The zero-order valence-electron chi connectivity index (χ0n) is 33.9. The second-order valence-corrected chi connectivity index (χ2v) is 18.8. The minimum atomic E-state index is -2.77. The van der Waals surface area contributed by atoms with Gasteiger partial charge in [0.1, 0.15) is 0 Å². The van der Waals surface area contributed by atoms with Gasteiger partial charge in [-0.05, 0) is 131 Å². The summed E-state index contributed by atoms with van der Waals surface area (Å²) < 4.78 is 25.2. The van der Waals surface area contributed by atoms with Crippen LogP contribution in [0, 0.1) is 17.8 Å². The Morgan fingerprint density at radius 2 is 1.22 bits per heavy atom. The Kier molecular flexibility index (Phi) is 22.0. The quantitative estimate of drug-likeness (QED) is 0.0391. The third-order valence-corrected chi connectivity index (χ3v) is 14.7. The van der Waals surface area contributed by atoms with Gasteiger partial charge in [0, 0.05) is 31.4 Å². The topological polar surface area (TPSA) is 54.0 Å². The van der Waals surface area contributed by atoms with E-state index in [2.05, 4.69) is 52.5 Å². The summed E-state index contributed by atoms with van der Waals surface area (Å²) in [6, 6.07) is 8.21. The first-order chi connectivity index (χ1) is 24.8. The fourth-order valence-electron chi connectivity index (χ4n) is 8.44. The average Bonchev–Trinajstić information content (AvgIpc) is 3.14. The summed E-state index contributed by atoms with van der Waals surface area (Å²) >= 11 is 0. The van der Waals surface area contributed by atoms with E-state index in [0.29, 0.717) is 37.9 Å². The van der Waals surface area contributed by atoms with Crippen LogP contribution in [0.1, 0.15) is 186 Å². The van der Waals surface area contributed by atoms with Gasteiger partial charge in [-0.25, -0.2) is 4.79 Å². The molecule has 292 valence electrons. The third kappa shape index (κ3) is 16.2. The van der Waals surface area contributed by atoms with E-state index in [1.165, 1.54) is 93.7 Å². The van der Waals surface area contributed by atoms with Gasteiger partial charge in [0.25, 0.3) is 0 Å². The van der Waals surface area contributed by atoms with Crippen molar-refractivity contribution in [1.29, 1.82) is 0 Å². The van der Waals surface area contributed by atoms with Crippen molar-refractivity contribution in [3.05, 3.63) is 47.0 Å². The highest BCUT2D eigenvalue weighted by Crippen LogP contribution is 2.45. The molecule has 5 nitrogen and oxygen atoms in total. The molecule has 6 heteroatoms. The molecule has 0 atom stereocenters. The Morgan fingerprint density at radius 3 is 1.76 bits per heavy atom. The molecular weight excluding hydrogens is 649 g/mol. The number of carbonyl (C=O) groups is 1. The van der Waals surface area contributed by atoms with Gasteiger partial charge in [-0.15, -0.1) is 0 Å². The lowest BCUT2D eigenvalue weighted by Gasteiger charge is -2.38. The Bertz CT molecular complexity index is 1060. The molecule has 0 spiro atoms. The van der Waals surface area contributed by atoms with Crippen LogP contribution >= 0.6 is 0 Å². The molecule has 0 heterocycles. The molecule has 2 saturated carbocycles. The first-order valence-electron chi connectivity index (χ1n) is 21.7.